The summed E-state index contributed by atoms with van der Waals surface area (Å²) in [6, 6.07) is 23.2. The third-order valence-corrected chi connectivity index (χ3v) is 7.36. The summed E-state index contributed by atoms with van der Waals surface area (Å²) >= 11 is 0. The number of ether oxygens (including phenoxy) is 3. The lowest BCUT2D eigenvalue weighted by Gasteiger charge is -2.34. The van der Waals surface area contributed by atoms with Gasteiger partial charge in [0.25, 0.3) is 0 Å². The van der Waals surface area contributed by atoms with Crippen molar-refractivity contribution >= 4 is 11.9 Å². The first-order valence-corrected chi connectivity index (χ1v) is 11.8. The Hall–Kier alpha value is -4.75. The van der Waals surface area contributed by atoms with E-state index in [1.54, 1.807) is 37.4 Å². The zero-order valence-electron chi connectivity index (χ0n) is 20.7. The molecule has 0 saturated carbocycles. The Morgan fingerprint density at radius 1 is 0.892 bits per heavy atom. The van der Waals surface area contributed by atoms with Crippen LogP contribution in [0.15, 0.2) is 72.9 Å². The van der Waals surface area contributed by atoms with E-state index in [9.17, 15) is 15.3 Å². The molecule has 1 fully saturated rings. The molecule has 0 radical (unpaired) electrons. The lowest BCUT2D eigenvalue weighted by molar-refractivity contribution is 0.0874. The van der Waals surface area contributed by atoms with E-state index in [4.69, 9.17) is 14.2 Å². The molecule has 2 aliphatic rings. The molecule has 2 aliphatic heterocycles. The van der Waals surface area contributed by atoms with Crippen LogP contribution in [0.4, 0.5) is 0 Å². The minimum Gasteiger partial charge on any atom is -0.497 e. The number of hydrogen-bond donors (Lipinski definition) is 0. The smallest absolute Gasteiger partial charge is 0.186 e. The minimum atomic E-state index is -1.54. The van der Waals surface area contributed by atoms with E-state index in [2.05, 4.69) is 12.1 Å². The van der Waals surface area contributed by atoms with E-state index in [1.165, 1.54) is 14.2 Å². The first-order valence-electron chi connectivity index (χ1n) is 11.8. The summed E-state index contributed by atoms with van der Waals surface area (Å²) in [5, 5.41) is 21.3. The standard InChI is InChI=1S/C30H25N3O4/c1-35-22-11-8-20(9-12-22)26-27(28(34)21-10-13-24(36-2)25(16-21)37-3)33-15-14-19-6-4-5-7-23(19)29(33)30(26,17-31)18-32/h4-16,26-27,29H,1-3H3/t26-,27+,29-/m1/s1. The number of carbonyl (C=O) groups excluding carboxylic acids is 1. The molecule has 7 nitrogen and oxygen atoms in total. The molecule has 0 amide bonds. The lowest BCUT2D eigenvalue weighted by Crippen LogP contribution is -2.37. The summed E-state index contributed by atoms with van der Waals surface area (Å²) in [7, 11) is 4.62. The Morgan fingerprint density at radius 2 is 1.59 bits per heavy atom. The van der Waals surface area contributed by atoms with E-state index in [0.29, 0.717) is 28.4 Å². The summed E-state index contributed by atoms with van der Waals surface area (Å²) in [6.45, 7) is 0. The number of nitriles is 2. The fraction of sp³-hybridized carbons (Fsp3) is 0.233. The molecule has 0 bridgehead atoms. The Morgan fingerprint density at radius 3 is 2.24 bits per heavy atom. The SMILES string of the molecule is COc1ccc([C@@H]2[C@@H](C(=O)c3ccc(OC)c(OC)c3)N3C=Cc4ccccc4[C@@H]3C2(C#N)C#N)cc1. The molecule has 3 aromatic carbocycles. The molecule has 5 rings (SSSR count). The van der Waals surface area contributed by atoms with Crippen molar-refractivity contribution in [3.8, 4) is 29.4 Å². The Labute approximate surface area is 215 Å². The molecule has 3 aromatic rings. The van der Waals surface area contributed by atoms with Gasteiger partial charge in [-0.1, -0.05) is 36.4 Å². The number of carbonyl (C=O) groups is 1. The van der Waals surface area contributed by atoms with Crippen LogP contribution in [0.2, 0.25) is 0 Å². The predicted molar refractivity (Wildman–Crippen MR) is 137 cm³/mol. The molecule has 0 N–H and O–H groups in total. The Bertz CT molecular complexity index is 1450. The maximum Gasteiger partial charge on any atom is 0.186 e. The summed E-state index contributed by atoms with van der Waals surface area (Å²) in [6.07, 6.45) is 3.76. The molecule has 184 valence electrons. The van der Waals surface area contributed by atoms with Crippen LogP contribution in [0, 0.1) is 28.1 Å². The number of methoxy groups -OCH3 is 3. The van der Waals surface area contributed by atoms with Gasteiger partial charge in [0.2, 0.25) is 0 Å². The molecule has 3 atom stereocenters. The largest absolute Gasteiger partial charge is 0.497 e. The van der Waals surface area contributed by atoms with Crippen LogP contribution in [0.25, 0.3) is 6.08 Å². The molecule has 0 aromatic heterocycles. The first kappa shape index (κ1) is 24.0. The third kappa shape index (κ3) is 3.59. The van der Waals surface area contributed by atoms with Gasteiger partial charge >= 0.3 is 0 Å². The van der Waals surface area contributed by atoms with E-state index >= 15 is 0 Å². The third-order valence-electron chi connectivity index (χ3n) is 7.36. The maximum absolute atomic E-state index is 14.3. The van der Waals surface area contributed by atoms with Gasteiger partial charge in [-0.05, 0) is 53.1 Å². The highest BCUT2D eigenvalue weighted by Gasteiger charge is 2.63. The molecule has 1 saturated heterocycles. The van der Waals surface area contributed by atoms with E-state index in [-0.39, 0.29) is 5.78 Å². The molecule has 0 spiro atoms. The second-order valence-electron chi connectivity index (χ2n) is 9.02. The van der Waals surface area contributed by atoms with Crippen molar-refractivity contribution in [2.45, 2.75) is 18.0 Å². The van der Waals surface area contributed by atoms with Crippen molar-refractivity contribution in [3.63, 3.8) is 0 Å². The number of ketones is 1. The average Bonchev–Trinajstić information content (AvgIpc) is 3.27. The molecule has 2 heterocycles. The summed E-state index contributed by atoms with van der Waals surface area (Å²) in [5.41, 5.74) is 1.34. The van der Waals surface area contributed by atoms with E-state index in [1.807, 2.05) is 53.6 Å². The first-order chi connectivity index (χ1) is 18.0. The fourth-order valence-corrected chi connectivity index (χ4v) is 5.64. The fourth-order valence-electron chi connectivity index (χ4n) is 5.64. The van der Waals surface area contributed by atoms with Crippen LogP contribution in [-0.2, 0) is 0 Å². The van der Waals surface area contributed by atoms with Crippen LogP contribution >= 0.6 is 0 Å². The van der Waals surface area contributed by atoms with Crippen molar-refractivity contribution in [2.75, 3.05) is 21.3 Å². The highest BCUT2D eigenvalue weighted by atomic mass is 16.5. The zero-order chi connectivity index (χ0) is 26.2. The molecule has 0 aliphatic carbocycles. The Kier molecular flexibility index (Phi) is 6.07. The maximum atomic E-state index is 14.3. The van der Waals surface area contributed by atoms with Gasteiger partial charge in [0.15, 0.2) is 22.7 Å². The number of hydrogen-bond acceptors (Lipinski definition) is 7. The van der Waals surface area contributed by atoms with E-state index in [0.717, 1.165) is 11.1 Å². The predicted octanol–water partition coefficient (Wildman–Crippen LogP) is 5.12. The van der Waals surface area contributed by atoms with Crippen LogP contribution in [0.5, 0.6) is 17.2 Å². The number of Topliss-reactive ketones (excluding diaryl/α,β-unsaturated/α-hetero) is 1. The second-order valence-corrected chi connectivity index (χ2v) is 9.02. The van der Waals surface area contributed by atoms with Gasteiger partial charge in [-0.3, -0.25) is 4.79 Å². The molecule has 7 heteroatoms. The summed E-state index contributed by atoms with van der Waals surface area (Å²) in [4.78, 5) is 16.2. The number of fused-ring (bicyclic) bond motifs is 3. The second kappa shape index (κ2) is 9.37. The summed E-state index contributed by atoms with van der Waals surface area (Å²) in [5.74, 6) is 0.616. The van der Waals surface area contributed by atoms with Gasteiger partial charge in [0.1, 0.15) is 11.8 Å². The van der Waals surface area contributed by atoms with Gasteiger partial charge < -0.3 is 19.1 Å². The van der Waals surface area contributed by atoms with Gasteiger partial charge in [0.05, 0.1) is 39.5 Å². The summed E-state index contributed by atoms with van der Waals surface area (Å²) < 4.78 is 16.1. The van der Waals surface area contributed by atoms with Crippen molar-refractivity contribution in [3.05, 3.63) is 95.2 Å². The van der Waals surface area contributed by atoms with Gasteiger partial charge in [0, 0.05) is 17.7 Å². The number of benzene rings is 3. The minimum absolute atomic E-state index is 0.219. The molecule has 37 heavy (non-hydrogen) atoms. The van der Waals surface area contributed by atoms with Gasteiger partial charge in [-0.25, -0.2) is 0 Å². The van der Waals surface area contributed by atoms with Gasteiger partial charge in [-0.15, -0.1) is 0 Å². The highest BCUT2D eigenvalue weighted by molar-refractivity contribution is 6.02. The zero-order valence-corrected chi connectivity index (χ0v) is 20.7. The normalized spacial score (nSPS) is 20.7. The van der Waals surface area contributed by atoms with Crippen LogP contribution in [-0.4, -0.2) is 38.1 Å². The quantitative estimate of drug-likeness (QED) is 0.442. The van der Waals surface area contributed by atoms with Crippen molar-refractivity contribution < 1.29 is 19.0 Å². The van der Waals surface area contributed by atoms with Gasteiger partial charge in [-0.2, -0.15) is 10.5 Å². The lowest BCUT2D eigenvalue weighted by atomic mass is 9.67. The monoisotopic (exact) mass is 491 g/mol. The van der Waals surface area contributed by atoms with Crippen molar-refractivity contribution in [2.24, 2.45) is 5.41 Å². The van der Waals surface area contributed by atoms with Crippen molar-refractivity contribution in [1.82, 2.24) is 4.90 Å². The molecular formula is C30H25N3O4. The molecular weight excluding hydrogens is 466 g/mol. The van der Waals surface area contributed by atoms with Crippen LogP contribution < -0.4 is 14.2 Å². The number of rotatable bonds is 6. The average molecular weight is 492 g/mol. The highest BCUT2D eigenvalue weighted by Crippen LogP contribution is 2.60. The van der Waals surface area contributed by atoms with Crippen LogP contribution in [0.3, 0.4) is 0 Å². The van der Waals surface area contributed by atoms with E-state index < -0.39 is 23.4 Å². The van der Waals surface area contributed by atoms with Crippen LogP contribution in [0.1, 0.15) is 39.0 Å². The van der Waals surface area contributed by atoms with Crippen molar-refractivity contribution in [1.29, 1.82) is 10.5 Å². The Balaban J connectivity index is 1.73. The number of nitrogens with zero attached hydrogens (tertiary/aromatic N) is 3. The molecule has 0 unspecified atom stereocenters. The topological polar surface area (TPSA) is 95.6 Å².